The average molecular weight is 248 g/mol. The molecule has 0 saturated carbocycles. The Morgan fingerprint density at radius 3 is 3.00 bits per heavy atom. The Morgan fingerprint density at radius 1 is 1.60 bits per heavy atom. The average Bonchev–Trinajstić information content (AvgIpc) is 2.59. The standard InChI is InChI=1S/C9H11Cl2N3O/c1-6(10)9(15)13-2-3-14-7(11)4-12-8(14)5-13/h4,6H,2-3,5H2,1H3. The third-order valence-electron chi connectivity index (χ3n) is 2.47. The summed E-state index contributed by atoms with van der Waals surface area (Å²) in [6, 6.07) is 0. The SMILES string of the molecule is CC(Cl)C(=O)N1CCn2c(Cl)cnc2C1. The lowest BCUT2D eigenvalue weighted by atomic mass is 10.3. The van der Waals surface area contributed by atoms with E-state index in [1.165, 1.54) is 0 Å². The number of hydrogen-bond donors (Lipinski definition) is 0. The molecule has 4 nitrogen and oxygen atoms in total. The maximum absolute atomic E-state index is 11.6. The van der Waals surface area contributed by atoms with Gasteiger partial charge >= 0.3 is 0 Å². The molecule has 0 radical (unpaired) electrons. The molecule has 2 rings (SSSR count). The summed E-state index contributed by atoms with van der Waals surface area (Å²) >= 11 is 11.7. The van der Waals surface area contributed by atoms with Crippen molar-refractivity contribution in [3.05, 3.63) is 17.2 Å². The first-order valence-corrected chi connectivity index (χ1v) is 5.54. The van der Waals surface area contributed by atoms with Gasteiger partial charge in [-0.25, -0.2) is 4.98 Å². The maximum Gasteiger partial charge on any atom is 0.240 e. The molecule has 1 aliphatic heterocycles. The van der Waals surface area contributed by atoms with E-state index in [1.807, 2.05) is 4.57 Å². The summed E-state index contributed by atoms with van der Waals surface area (Å²) in [7, 11) is 0. The number of carbonyl (C=O) groups excluding carboxylic acids is 1. The van der Waals surface area contributed by atoms with Crippen LogP contribution in [0.5, 0.6) is 0 Å². The topological polar surface area (TPSA) is 38.1 Å². The summed E-state index contributed by atoms with van der Waals surface area (Å²) in [6.07, 6.45) is 1.61. The number of hydrogen-bond acceptors (Lipinski definition) is 2. The highest BCUT2D eigenvalue weighted by Crippen LogP contribution is 2.18. The van der Waals surface area contributed by atoms with Gasteiger partial charge in [-0.05, 0) is 6.92 Å². The summed E-state index contributed by atoms with van der Waals surface area (Å²) in [6.45, 7) is 3.49. The number of fused-ring (bicyclic) bond motifs is 1. The second-order valence-corrected chi connectivity index (χ2v) is 4.57. The van der Waals surface area contributed by atoms with E-state index >= 15 is 0 Å². The van der Waals surface area contributed by atoms with Crippen molar-refractivity contribution in [1.82, 2.24) is 14.5 Å². The first-order chi connectivity index (χ1) is 7.09. The lowest BCUT2D eigenvalue weighted by Crippen LogP contribution is -2.41. The molecule has 2 heterocycles. The van der Waals surface area contributed by atoms with Crippen molar-refractivity contribution in [1.29, 1.82) is 0 Å². The molecule has 1 aliphatic rings. The molecule has 0 spiro atoms. The van der Waals surface area contributed by atoms with Crippen molar-refractivity contribution in [2.24, 2.45) is 0 Å². The Bertz CT molecular complexity index is 389. The van der Waals surface area contributed by atoms with Crippen LogP contribution in [0.1, 0.15) is 12.7 Å². The third kappa shape index (κ3) is 1.96. The smallest absolute Gasteiger partial charge is 0.240 e. The van der Waals surface area contributed by atoms with Crippen molar-refractivity contribution in [3.63, 3.8) is 0 Å². The number of carbonyl (C=O) groups is 1. The van der Waals surface area contributed by atoms with Gasteiger partial charge in [0.2, 0.25) is 5.91 Å². The molecule has 1 aromatic rings. The molecule has 0 aliphatic carbocycles. The van der Waals surface area contributed by atoms with Crippen molar-refractivity contribution in [3.8, 4) is 0 Å². The molecule has 0 N–H and O–H groups in total. The van der Waals surface area contributed by atoms with Gasteiger partial charge in [0.15, 0.2) is 0 Å². The zero-order valence-electron chi connectivity index (χ0n) is 8.28. The van der Waals surface area contributed by atoms with E-state index in [4.69, 9.17) is 23.2 Å². The van der Waals surface area contributed by atoms with Gasteiger partial charge in [0.05, 0.1) is 12.7 Å². The monoisotopic (exact) mass is 247 g/mol. The molecular weight excluding hydrogens is 237 g/mol. The molecule has 0 saturated heterocycles. The van der Waals surface area contributed by atoms with Gasteiger partial charge in [-0.3, -0.25) is 4.79 Å². The maximum atomic E-state index is 11.6. The highest BCUT2D eigenvalue weighted by atomic mass is 35.5. The van der Waals surface area contributed by atoms with Crippen LogP contribution in [0, 0.1) is 0 Å². The Labute approximate surface area is 97.8 Å². The Morgan fingerprint density at radius 2 is 2.33 bits per heavy atom. The summed E-state index contributed by atoms with van der Waals surface area (Å²) in [5.41, 5.74) is 0. The summed E-state index contributed by atoms with van der Waals surface area (Å²) < 4.78 is 1.91. The quantitative estimate of drug-likeness (QED) is 0.706. The van der Waals surface area contributed by atoms with E-state index in [-0.39, 0.29) is 5.91 Å². The fourth-order valence-electron chi connectivity index (χ4n) is 1.66. The highest BCUT2D eigenvalue weighted by Gasteiger charge is 2.25. The lowest BCUT2D eigenvalue weighted by Gasteiger charge is -2.28. The predicted octanol–water partition coefficient (Wildman–Crippen LogP) is 1.51. The van der Waals surface area contributed by atoms with E-state index < -0.39 is 5.38 Å². The minimum atomic E-state index is -0.484. The van der Waals surface area contributed by atoms with E-state index in [0.29, 0.717) is 24.8 Å². The molecule has 1 amide bonds. The first-order valence-electron chi connectivity index (χ1n) is 4.72. The molecule has 1 atom stereocenters. The van der Waals surface area contributed by atoms with Gasteiger partial charge in [-0.1, -0.05) is 11.6 Å². The Hall–Kier alpha value is -0.740. The van der Waals surface area contributed by atoms with Crippen molar-refractivity contribution < 1.29 is 4.79 Å². The van der Waals surface area contributed by atoms with E-state index in [9.17, 15) is 4.79 Å². The molecule has 0 fully saturated rings. The van der Waals surface area contributed by atoms with Crippen LogP contribution in [0.2, 0.25) is 5.15 Å². The highest BCUT2D eigenvalue weighted by molar-refractivity contribution is 6.30. The first kappa shape index (κ1) is 10.8. The predicted molar refractivity (Wildman–Crippen MR) is 58.0 cm³/mol. The number of nitrogens with zero attached hydrogens (tertiary/aromatic N) is 3. The second kappa shape index (κ2) is 4.02. The van der Waals surface area contributed by atoms with E-state index in [0.717, 1.165) is 5.82 Å². The number of imidazole rings is 1. The lowest BCUT2D eigenvalue weighted by molar-refractivity contribution is -0.132. The van der Waals surface area contributed by atoms with Crippen LogP contribution in [0.15, 0.2) is 6.20 Å². The van der Waals surface area contributed by atoms with E-state index in [1.54, 1.807) is 18.0 Å². The third-order valence-corrected chi connectivity index (χ3v) is 2.96. The number of halogens is 2. The molecule has 6 heteroatoms. The number of aromatic nitrogens is 2. The molecule has 0 aromatic carbocycles. The Kier molecular flexibility index (Phi) is 2.89. The number of rotatable bonds is 1. The number of alkyl halides is 1. The normalized spacial score (nSPS) is 17.4. The van der Waals surface area contributed by atoms with Gasteiger partial charge in [-0.2, -0.15) is 0 Å². The van der Waals surface area contributed by atoms with Gasteiger partial charge in [0, 0.05) is 13.1 Å². The number of amides is 1. The van der Waals surface area contributed by atoms with Crippen molar-refractivity contribution in [2.75, 3.05) is 6.54 Å². The summed E-state index contributed by atoms with van der Waals surface area (Å²) in [4.78, 5) is 17.5. The van der Waals surface area contributed by atoms with Gasteiger partial charge in [0.25, 0.3) is 0 Å². The fraction of sp³-hybridized carbons (Fsp3) is 0.556. The molecule has 1 aromatic heterocycles. The zero-order chi connectivity index (χ0) is 11.0. The van der Waals surface area contributed by atoms with Crippen LogP contribution in [0.25, 0.3) is 0 Å². The fourth-order valence-corrected chi connectivity index (χ4v) is 2.03. The summed E-state index contributed by atoms with van der Waals surface area (Å²) in [5.74, 6) is 0.763. The largest absolute Gasteiger partial charge is 0.332 e. The van der Waals surface area contributed by atoms with Crippen LogP contribution >= 0.6 is 23.2 Å². The minimum Gasteiger partial charge on any atom is -0.332 e. The van der Waals surface area contributed by atoms with Gasteiger partial charge in [0.1, 0.15) is 16.4 Å². The van der Waals surface area contributed by atoms with Crippen LogP contribution in [-0.4, -0.2) is 32.3 Å². The van der Waals surface area contributed by atoms with Gasteiger partial charge < -0.3 is 9.47 Å². The zero-order valence-corrected chi connectivity index (χ0v) is 9.79. The molecule has 0 bridgehead atoms. The van der Waals surface area contributed by atoms with Crippen LogP contribution in [0.4, 0.5) is 0 Å². The van der Waals surface area contributed by atoms with Crippen molar-refractivity contribution in [2.45, 2.75) is 25.4 Å². The second-order valence-electron chi connectivity index (χ2n) is 3.52. The molecule has 82 valence electrons. The van der Waals surface area contributed by atoms with Crippen LogP contribution < -0.4 is 0 Å². The molecule has 15 heavy (non-hydrogen) atoms. The van der Waals surface area contributed by atoms with E-state index in [2.05, 4.69) is 4.98 Å². The Balaban J connectivity index is 2.16. The van der Waals surface area contributed by atoms with Crippen molar-refractivity contribution >= 4 is 29.1 Å². The molecule has 1 unspecified atom stereocenters. The molecular formula is C9H11Cl2N3O. The van der Waals surface area contributed by atoms with Gasteiger partial charge in [-0.15, -0.1) is 11.6 Å². The van der Waals surface area contributed by atoms with Crippen LogP contribution in [0.3, 0.4) is 0 Å². The van der Waals surface area contributed by atoms with Crippen LogP contribution in [-0.2, 0) is 17.9 Å². The summed E-state index contributed by atoms with van der Waals surface area (Å²) in [5, 5.41) is 0.137. The minimum absolute atomic E-state index is 0.0537.